The molecule has 144 valence electrons. The molecule has 1 aromatic rings. The second-order valence-corrected chi connectivity index (χ2v) is 8.82. The average molecular weight is 381 g/mol. The van der Waals surface area contributed by atoms with E-state index < -0.39 is 10.0 Å². The number of ether oxygens (including phenoxy) is 1. The Hall–Kier alpha value is -1.44. The molecule has 0 unspecified atom stereocenters. The van der Waals surface area contributed by atoms with Crippen LogP contribution >= 0.6 is 0 Å². The third kappa shape index (κ3) is 5.05. The molecule has 2 fully saturated rings. The van der Waals surface area contributed by atoms with Crippen molar-refractivity contribution in [1.29, 1.82) is 0 Å². The molecular weight excluding hydrogens is 352 g/mol. The summed E-state index contributed by atoms with van der Waals surface area (Å²) in [5, 5.41) is 0. The van der Waals surface area contributed by atoms with Gasteiger partial charge in [-0.15, -0.1) is 0 Å². The Balaban J connectivity index is 1.61. The number of nitrogens with one attached hydrogen (secondary N) is 1. The summed E-state index contributed by atoms with van der Waals surface area (Å²) < 4.78 is 33.4. The fourth-order valence-electron chi connectivity index (χ4n) is 3.55. The van der Waals surface area contributed by atoms with Crippen LogP contribution in [0.4, 0.5) is 0 Å². The van der Waals surface area contributed by atoms with Crippen molar-refractivity contribution in [3.8, 4) is 0 Å². The second kappa shape index (κ2) is 8.97. The monoisotopic (exact) mass is 380 g/mol. The van der Waals surface area contributed by atoms with Crippen LogP contribution in [-0.2, 0) is 14.8 Å². The van der Waals surface area contributed by atoms with E-state index in [1.165, 1.54) is 12.1 Å². The van der Waals surface area contributed by atoms with Crippen molar-refractivity contribution in [2.24, 2.45) is 0 Å². The smallest absolute Gasteiger partial charge is 0.253 e. The Morgan fingerprint density at radius 3 is 2.69 bits per heavy atom. The molecule has 0 aromatic heterocycles. The molecule has 0 saturated carbocycles. The molecule has 6 nitrogen and oxygen atoms in total. The van der Waals surface area contributed by atoms with Crippen molar-refractivity contribution in [3.63, 3.8) is 0 Å². The van der Waals surface area contributed by atoms with Gasteiger partial charge in [-0.05, 0) is 63.1 Å². The zero-order valence-electron chi connectivity index (χ0n) is 15.2. The third-order valence-corrected chi connectivity index (χ3v) is 6.53. The fraction of sp³-hybridized carbons (Fsp3) is 0.632. The van der Waals surface area contributed by atoms with E-state index in [9.17, 15) is 13.2 Å². The number of piperidine rings is 1. The zero-order chi connectivity index (χ0) is 18.4. The van der Waals surface area contributed by atoms with Crippen molar-refractivity contribution in [2.45, 2.75) is 55.9 Å². The van der Waals surface area contributed by atoms with E-state index in [2.05, 4.69) is 4.72 Å². The average Bonchev–Trinajstić information content (AvgIpc) is 2.69. The van der Waals surface area contributed by atoms with Crippen molar-refractivity contribution in [1.82, 2.24) is 9.62 Å². The molecular formula is C19H28N2O4S. The predicted octanol–water partition coefficient (Wildman–Crippen LogP) is 2.55. The number of carbonyl (C=O) groups is 1. The molecule has 1 atom stereocenters. The molecule has 2 aliphatic heterocycles. The van der Waals surface area contributed by atoms with Gasteiger partial charge in [0, 0.05) is 31.8 Å². The minimum Gasteiger partial charge on any atom is -0.378 e. The summed E-state index contributed by atoms with van der Waals surface area (Å²) in [6, 6.07) is 6.34. The molecule has 0 spiro atoms. The first-order chi connectivity index (χ1) is 12.6. The number of carbonyl (C=O) groups excluding carboxylic acids is 1. The standard InChI is InChI=1S/C19H28N2O4S/c22-19(21-12-3-1-4-13-21)16-7-6-9-18(15-16)26(23,24)20-11-10-17-8-2-5-14-25-17/h6-7,9,15,17,20H,1-5,8,10-14H2/t17-/m1/s1. The number of rotatable bonds is 6. The molecule has 0 aliphatic carbocycles. The Bertz CT molecular complexity index is 708. The summed E-state index contributed by atoms with van der Waals surface area (Å²) in [6.45, 7) is 2.60. The van der Waals surface area contributed by atoms with Crippen LogP contribution in [0.25, 0.3) is 0 Å². The van der Waals surface area contributed by atoms with E-state index in [1.54, 1.807) is 12.1 Å². The first-order valence-electron chi connectivity index (χ1n) is 9.57. The van der Waals surface area contributed by atoms with E-state index in [4.69, 9.17) is 4.74 Å². The van der Waals surface area contributed by atoms with Crippen LogP contribution in [0.5, 0.6) is 0 Å². The van der Waals surface area contributed by atoms with Gasteiger partial charge in [0.1, 0.15) is 0 Å². The van der Waals surface area contributed by atoms with E-state index in [1.807, 2.05) is 4.90 Å². The van der Waals surface area contributed by atoms with Crippen LogP contribution in [0.3, 0.4) is 0 Å². The summed E-state index contributed by atoms with van der Waals surface area (Å²) in [7, 11) is -3.62. The number of hydrogen-bond donors (Lipinski definition) is 1. The molecule has 2 saturated heterocycles. The van der Waals surface area contributed by atoms with Crippen LogP contribution in [0.2, 0.25) is 0 Å². The Kier molecular flexibility index (Phi) is 6.67. The molecule has 2 heterocycles. The highest BCUT2D eigenvalue weighted by Gasteiger charge is 2.21. The van der Waals surface area contributed by atoms with Crippen molar-refractivity contribution in [2.75, 3.05) is 26.2 Å². The number of likely N-dealkylation sites (tertiary alicyclic amines) is 1. The normalized spacial score (nSPS) is 21.5. The summed E-state index contributed by atoms with van der Waals surface area (Å²) in [5.74, 6) is -0.0858. The number of nitrogens with zero attached hydrogens (tertiary/aromatic N) is 1. The summed E-state index contributed by atoms with van der Waals surface area (Å²) in [4.78, 5) is 14.5. The maximum absolute atomic E-state index is 12.6. The topological polar surface area (TPSA) is 75.7 Å². The maximum atomic E-state index is 12.6. The van der Waals surface area contributed by atoms with Crippen molar-refractivity contribution in [3.05, 3.63) is 29.8 Å². The third-order valence-electron chi connectivity index (χ3n) is 5.07. The van der Waals surface area contributed by atoms with Crippen molar-refractivity contribution < 1.29 is 17.9 Å². The summed E-state index contributed by atoms with van der Waals surface area (Å²) in [6.07, 6.45) is 7.18. The highest BCUT2D eigenvalue weighted by Crippen LogP contribution is 2.18. The molecule has 0 radical (unpaired) electrons. The van der Waals surface area contributed by atoms with Gasteiger partial charge in [0.25, 0.3) is 5.91 Å². The van der Waals surface area contributed by atoms with Gasteiger partial charge in [-0.3, -0.25) is 4.79 Å². The first-order valence-corrected chi connectivity index (χ1v) is 11.1. The molecule has 1 amide bonds. The number of benzene rings is 1. The minimum atomic E-state index is -3.62. The van der Waals surface area contributed by atoms with Gasteiger partial charge in [-0.25, -0.2) is 13.1 Å². The van der Waals surface area contributed by atoms with Crippen molar-refractivity contribution >= 4 is 15.9 Å². The van der Waals surface area contributed by atoms with Gasteiger partial charge in [-0.2, -0.15) is 0 Å². The van der Waals surface area contributed by atoms with Gasteiger partial charge in [0.15, 0.2) is 0 Å². The largest absolute Gasteiger partial charge is 0.378 e. The first kappa shape index (κ1) is 19.3. The van der Waals surface area contributed by atoms with Crippen LogP contribution in [0, 0.1) is 0 Å². The van der Waals surface area contributed by atoms with E-state index in [0.29, 0.717) is 18.5 Å². The highest BCUT2D eigenvalue weighted by molar-refractivity contribution is 7.89. The number of sulfonamides is 1. The van der Waals surface area contributed by atoms with E-state index in [0.717, 1.165) is 58.2 Å². The zero-order valence-corrected chi connectivity index (χ0v) is 16.0. The van der Waals surface area contributed by atoms with Crippen LogP contribution in [0.1, 0.15) is 55.3 Å². The maximum Gasteiger partial charge on any atom is 0.253 e. The Labute approximate surface area is 156 Å². The molecule has 1 aromatic carbocycles. The minimum absolute atomic E-state index is 0.0858. The summed E-state index contributed by atoms with van der Waals surface area (Å²) >= 11 is 0. The lowest BCUT2D eigenvalue weighted by Gasteiger charge is -2.26. The Morgan fingerprint density at radius 2 is 1.96 bits per heavy atom. The molecule has 3 rings (SSSR count). The van der Waals surface area contributed by atoms with E-state index in [-0.39, 0.29) is 16.9 Å². The quantitative estimate of drug-likeness (QED) is 0.823. The number of hydrogen-bond acceptors (Lipinski definition) is 4. The Morgan fingerprint density at radius 1 is 1.15 bits per heavy atom. The lowest BCUT2D eigenvalue weighted by Crippen LogP contribution is -2.35. The fourth-order valence-corrected chi connectivity index (χ4v) is 4.64. The SMILES string of the molecule is O=C(c1cccc(S(=O)(=O)NCC[C@H]2CCCCO2)c1)N1CCCCC1. The highest BCUT2D eigenvalue weighted by atomic mass is 32.2. The van der Waals surface area contributed by atoms with Crippen LogP contribution < -0.4 is 4.72 Å². The van der Waals surface area contributed by atoms with Gasteiger partial charge >= 0.3 is 0 Å². The molecule has 7 heteroatoms. The predicted molar refractivity (Wildman–Crippen MR) is 99.6 cm³/mol. The van der Waals surface area contributed by atoms with Gasteiger partial charge < -0.3 is 9.64 Å². The number of amides is 1. The van der Waals surface area contributed by atoms with E-state index >= 15 is 0 Å². The molecule has 0 bridgehead atoms. The summed E-state index contributed by atoms with van der Waals surface area (Å²) in [5.41, 5.74) is 0.436. The lowest BCUT2D eigenvalue weighted by atomic mass is 10.1. The van der Waals surface area contributed by atoms with Crippen LogP contribution in [0.15, 0.2) is 29.2 Å². The molecule has 1 N–H and O–H groups in total. The molecule has 2 aliphatic rings. The van der Waals surface area contributed by atoms with Gasteiger partial charge in [-0.1, -0.05) is 6.07 Å². The molecule has 26 heavy (non-hydrogen) atoms. The van der Waals surface area contributed by atoms with Crippen LogP contribution in [-0.4, -0.2) is 51.6 Å². The van der Waals surface area contributed by atoms with Gasteiger partial charge in [0.05, 0.1) is 11.0 Å². The lowest BCUT2D eigenvalue weighted by molar-refractivity contribution is 0.0123. The second-order valence-electron chi connectivity index (χ2n) is 7.06. The van der Waals surface area contributed by atoms with Gasteiger partial charge in [0.2, 0.25) is 10.0 Å².